The highest BCUT2D eigenvalue weighted by Crippen LogP contribution is 2.23. The number of phenols is 1. The van der Waals surface area contributed by atoms with Crippen LogP contribution < -0.4 is 4.74 Å². The minimum absolute atomic E-state index is 0.142. The van der Waals surface area contributed by atoms with Gasteiger partial charge in [0.25, 0.3) is 0 Å². The molecule has 2 aromatic carbocycles. The molecular formula is C14H9BrO4. The first-order chi connectivity index (χ1) is 9.10. The minimum atomic E-state index is -0.536. The average molecular weight is 321 g/mol. The van der Waals surface area contributed by atoms with Crippen LogP contribution in [0, 0.1) is 0 Å². The van der Waals surface area contributed by atoms with Crippen LogP contribution in [-0.2, 0) is 0 Å². The highest BCUT2D eigenvalue weighted by Gasteiger charge is 2.10. The third kappa shape index (κ3) is 3.20. The summed E-state index contributed by atoms with van der Waals surface area (Å²) >= 11 is 3.27. The van der Waals surface area contributed by atoms with Gasteiger partial charge in [-0.05, 0) is 36.4 Å². The topological polar surface area (TPSA) is 63.6 Å². The zero-order valence-corrected chi connectivity index (χ0v) is 11.3. The lowest BCUT2D eigenvalue weighted by molar-refractivity contribution is 0.0734. The van der Waals surface area contributed by atoms with Crippen molar-refractivity contribution in [3.63, 3.8) is 0 Å². The molecule has 1 N–H and O–H groups in total. The van der Waals surface area contributed by atoms with Crippen molar-refractivity contribution < 1.29 is 19.4 Å². The van der Waals surface area contributed by atoms with Gasteiger partial charge in [-0.15, -0.1) is 0 Å². The van der Waals surface area contributed by atoms with Crippen LogP contribution in [0.15, 0.2) is 46.9 Å². The zero-order valence-electron chi connectivity index (χ0n) is 9.67. The molecule has 0 bridgehead atoms. The lowest BCUT2D eigenvalue weighted by Gasteiger charge is -2.05. The highest BCUT2D eigenvalue weighted by atomic mass is 79.9. The van der Waals surface area contributed by atoms with Crippen LogP contribution >= 0.6 is 15.9 Å². The van der Waals surface area contributed by atoms with Gasteiger partial charge in [-0.3, -0.25) is 4.79 Å². The number of ether oxygens (including phenoxy) is 1. The molecule has 4 nitrogen and oxygen atoms in total. The maximum atomic E-state index is 11.8. The van der Waals surface area contributed by atoms with Gasteiger partial charge < -0.3 is 9.84 Å². The van der Waals surface area contributed by atoms with Gasteiger partial charge in [0, 0.05) is 10.5 Å². The average Bonchev–Trinajstić information content (AvgIpc) is 2.39. The maximum Gasteiger partial charge on any atom is 0.343 e. The van der Waals surface area contributed by atoms with Crippen molar-refractivity contribution in [3.8, 4) is 11.5 Å². The van der Waals surface area contributed by atoms with Gasteiger partial charge in [-0.25, -0.2) is 4.79 Å². The Hall–Kier alpha value is -2.14. The highest BCUT2D eigenvalue weighted by molar-refractivity contribution is 9.10. The van der Waals surface area contributed by atoms with E-state index in [1.165, 1.54) is 18.2 Å². The molecule has 0 aliphatic rings. The predicted molar refractivity (Wildman–Crippen MR) is 72.6 cm³/mol. The number of hydrogen-bond acceptors (Lipinski definition) is 4. The first kappa shape index (κ1) is 13.3. The number of phenolic OH excluding ortho intramolecular Hbond substituents is 1. The van der Waals surface area contributed by atoms with Gasteiger partial charge in [0.05, 0.1) is 11.1 Å². The molecule has 0 atom stereocenters. The Morgan fingerprint density at radius 1 is 1.16 bits per heavy atom. The van der Waals surface area contributed by atoms with Crippen molar-refractivity contribution in [2.75, 3.05) is 0 Å². The summed E-state index contributed by atoms with van der Waals surface area (Å²) in [6.07, 6.45) is 0.523. The summed E-state index contributed by atoms with van der Waals surface area (Å²) in [6.45, 7) is 0. The van der Waals surface area contributed by atoms with E-state index in [0.717, 1.165) is 4.47 Å². The second kappa shape index (κ2) is 5.67. The summed E-state index contributed by atoms with van der Waals surface area (Å²) in [5.74, 6) is -0.585. The van der Waals surface area contributed by atoms with E-state index in [4.69, 9.17) is 4.74 Å². The van der Waals surface area contributed by atoms with Crippen molar-refractivity contribution in [2.45, 2.75) is 0 Å². The second-order valence-corrected chi connectivity index (χ2v) is 4.65. The summed E-state index contributed by atoms with van der Waals surface area (Å²) in [5.41, 5.74) is 0.533. The number of halogens is 1. The zero-order chi connectivity index (χ0) is 13.8. The fourth-order valence-electron chi connectivity index (χ4n) is 1.44. The van der Waals surface area contributed by atoms with Gasteiger partial charge in [0.1, 0.15) is 11.5 Å². The van der Waals surface area contributed by atoms with Gasteiger partial charge in [0.2, 0.25) is 0 Å². The van der Waals surface area contributed by atoms with E-state index in [-0.39, 0.29) is 17.1 Å². The fourth-order valence-corrected chi connectivity index (χ4v) is 1.70. The number of aldehydes is 1. The standard InChI is InChI=1S/C14H9BrO4/c15-11-4-1-9(2-5-11)14(18)19-12-6-3-10(8-16)13(17)7-12/h1-8,17H. The van der Waals surface area contributed by atoms with Gasteiger partial charge >= 0.3 is 5.97 Å². The van der Waals surface area contributed by atoms with Crippen LogP contribution in [0.3, 0.4) is 0 Å². The molecule has 2 aromatic rings. The van der Waals surface area contributed by atoms with E-state index < -0.39 is 5.97 Å². The molecule has 96 valence electrons. The van der Waals surface area contributed by atoms with Crippen molar-refractivity contribution in [1.29, 1.82) is 0 Å². The van der Waals surface area contributed by atoms with E-state index in [0.29, 0.717) is 11.8 Å². The number of hydrogen-bond donors (Lipinski definition) is 1. The molecule has 19 heavy (non-hydrogen) atoms. The fraction of sp³-hybridized carbons (Fsp3) is 0. The molecule has 0 unspecified atom stereocenters. The van der Waals surface area contributed by atoms with Crippen LogP contribution in [0.25, 0.3) is 0 Å². The first-order valence-corrected chi connectivity index (χ1v) is 6.15. The quantitative estimate of drug-likeness (QED) is 0.536. The number of aromatic hydroxyl groups is 1. The Morgan fingerprint density at radius 3 is 2.42 bits per heavy atom. The molecular weight excluding hydrogens is 312 g/mol. The molecule has 0 amide bonds. The van der Waals surface area contributed by atoms with E-state index in [9.17, 15) is 14.7 Å². The SMILES string of the molecule is O=Cc1ccc(OC(=O)c2ccc(Br)cc2)cc1O. The predicted octanol–water partition coefficient (Wildman–Crippen LogP) is 3.19. The van der Waals surface area contributed by atoms with Crippen LogP contribution in [0.1, 0.15) is 20.7 Å². The Morgan fingerprint density at radius 2 is 1.84 bits per heavy atom. The van der Waals surface area contributed by atoms with Crippen LogP contribution in [-0.4, -0.2) is 17.4 Å². The smallest absolute Gasteiger partial charge is 0.343 e. The maximum absolute atomic E-state index is 11.8. The molecule has 5 heteroatoms. The van der Waals surface area contributed by atoms with Crippen molar-refractivity contribution in [3.05, 3.63) is 58.1 Å². The molecule has 2 rings (SSSR count). The van der Waals surface area contributed by atoms with Crippen molar-refractivity contribution in [1.82, 2.24) is 0 Å². The molecule has 0 aromatic heterocycles. The molecule has 0 heterocycles. The van der Waals surface area contributed by atoms with E-state index >= 15 is 0 Å². The Labute approximate surface area is 117 Å². The Balaban J connectivity index is 2.17. The van der Waals surface area contributed by atoms with Crippen LogP contribution in [0.2, 0.25) is 0 Å². The van der Waals surface area contributed by atoms with Crippen molar-refractivity contribution in [2.24, 2.45) is 0 Å². The summed E-state index contributed by atoms with van der Waals surface area (Å²) in [5, 5.41) is 9.48. The summed E-state index contributed by atoms with van der Waals surface area (Å²) in [4.78, 5) is 22.3. The molecule has 0 saturated heterocycles. The van der Waals surface area contributed by atoms with E-state index in [1.807, 2.05) is 0 Å². The molecule has 0 aliphatic carbocycles. The third-order valence-corrected chi connectivity index (χ3v) is 2.95. The van der Waals surface area contributed by atoms with Crippen molar-refractivity contribution >= 4 is 28.2 Å². The lowest BCUT2D eigenvalue weighted by atomic mass is 10.2. The third-order valence-electron chi connectivity index (χ3n) is 2.42. The summed E-state index contributed by atoms with van der Waals surface area (Å²) in [6, 6.07) is 10.7. The lowest BCUT2D eigenvalue weighted by Crippen LogP contribution is -2.08. The number of rotatable bonds is 3. The molecule has 0 saturated carbocycles. The van der Waals surface area contributed by atoms with Gasteiger partial charge in [-0.1, -0.05) is 15.9 Å². The number of carbonyl (C=O) groups is 2. The monoisotopic (exact) mass is 320 g/mol. The van der Waals surface area contributed by atoms with E-state index in [1.54, 1.807) is 24.3 Å². The van der Waals surface area contributed by atoms with Crippen LogP contribution in [0.4, 0.5) is 0 Å². The molecule has 0 radical (unpaired) electrons. The van der Waals surface area contributed by atoms with Gasteiger partial charge in [-0.2, -0.15) is 0 Å². The summed E-state index contributed by atoms with van der Waals surface area (Å²) in [7, 11) is 0. The minimum Gasteiger partial charge on any atom is -0.507 e. The first-order valence-electron chi connectivity index (χ1n) is 5.36. The number of esters is 1. The Bertz CT molecular complexity index is 620. The molecule has 0 spiro atoms. The van der Waals surface area contributed by atoms with Crippen LogP contribution in [0.5, 0.6) is 11.5 Å². The molecule has 0 fully saturated rings. The summed E-state index contributed by atoms with van der Waals surface area (Å²) < 4.78 is 5.95. The van der Waals surface area contributed by atoms with E-state index in [2.05, 4.69) is 15.9 Å². The largest absolute Gasteiger partial charge is 0.507 e. The number of carbonyl (C=O) groups excluding carboxylic acids is 2. The normalized spacial score (nSPS) is 9.95. The second-order valence-electron chi connectivity index (χ2n) is 3.73. The van der Waals surface area contributed by atoms with Gasteiger partial charge in [0.15, 0.2) is 6.29 Å². The Kier molecular flexibility index (Phi) is 3.97. The number of benzene rings is 2. The molecule has 0 aliphatic heterocycles.